The highest BCUT2D eigenvalue weighted by atomic mass is 35.5. The van der Waals surface area contributed by atoms with Crippen LogP contribution in [0.5, 0.6) is 0 Å². The number of hydrogen-bond acceptors (Lipinski definition) is 3. The number of halogens is 1. The second-order valence-electron chi connectivity index (χ2n) is 8.42. The average Bonchev–Trinajstić information content (AvgIpc) is 2.53. The monoisotopic (exact) mass is 353 g/mol. The van der Waals surface area contributed by atoms with Gasteiger partial charge >= 0.3 is 0 Å². The average molecular weight is 354 g/mol. The van der Waals surface area contributed by atoms with Crippen LogP contribution < -0.4 is 5.73 Å². The van der Waals surface area contributed by atoms with E-state index in [1.807, 2.05) is 6.07 Å². The first-order valence-electron chi connectivity index (χ1n) is 8.91. The third-order valence-corrected chi connectivity index (χ3v) is 5.80. The Bertz CT molecular complexity index is 555. The normalized spacial score (nSPS) is 28.1. The first kappa shape index (κ1) is 19.7. The molecule has 1 aromatic carbocycles. The summed E-state index contributed by atoms with van der Waals surface area (Å²) in [4.78, 5) is 0. The zero-order valence-corrected chi connectivity index (χ0v) is 16.2. The Labute approximate surface area is 151 Å². The van der Waals surface area contributed by atoms with Crippen LogP contribution in [0.4, 0.5) is 0 Å². The van der Waals surface area contributed by atoms with Crippen LogP contribution in [0, 0.1) is 11.3 Å². The number of ether oxygens (including phenoxy) is 1. The van der Waals surface area contributed by atoms with Crippen molar-refractivity contribution in [2.45, 2.75) is 64.5 Å². The van der Waals surface area contributed by atoms with Crippen molar-refractivity contribution < 1.29 is 9.84 Å². The number of rotatable bonds is 5. The highest BCUT2D eigenvalue weighted by molar-refractivity contribution is 6.31. The number of benzene rings is 1. The lowest BCUT2D eigenvalue weighted by molar-refractivity contribution is -0.00188. The van der Waals surface area contributed by atoms with E-state index in [0.29, 0.717) is 0 Å². The van der Waals surface area contributed by atoms with Gasteiger partial charge in [0.05, 0.1) is 6.10 Å². The Hall–Kier alpha value is -0.610. The smallest absolute Gasteiger partial charge is 0.0576 e. The molecule has 4 heteroatoms. The molecule has 136 valence electrons. The molecule has 0 spiro atoms. The molecule has 1 saturated carbocycles. The van der Waals surface area contributed by atoms with Crippen LogP contribution in [-0.2, 0) is 16.7 Å². The van der Waals surface area contributed by atoms with Gasteiger partial charge in [-0.25, -0.2) is 0 Å². The molecule has 0 heterocycles. The molecule has 3 N–H and O–H groups in total. The topological polar surface area (TPSA) is 55.5 Å². The quantitative estimate of drug-likeness (QED) is 0.830. The molecule has 0 aromatic heterocycles. The van der Waals surface area contributed by atoms with E-state index in [1.165, 1.54) is 5.56 Å². The second kappa shape index (κ2) is 7.74. The second-order valence-corrected chi connectivity index (χ2v) is 8.83. The molecule has 0 amide bonds. The number of aliphatic hydroxyl groups excluding tert-OH is 1. The molecule has 3 nitrogen and oxygen atoms in total. The van der Waals surface area contributed by atoms with Crippen molar-refractivity contribution in [2.24, 2.45) is 17.1 Å². The molecule has 0 bridgehead atoms. The van der Waals surface area contributed by atoms with Crippen LogP contribution in [0.15, 0.2) is 18.2 Å². The molecule has 1 fully saturated rings. The van der Waals surface area contributed by atoms with Crippen LogP contribution in [0.2, 0.25) is 5.02 Å². The first-order valence-corrected chi connectivity index (χ1v) is 9.29. The van der Waals surface area contributed by atoms with Crippen LogP contribution in [0.3, 0.4) is 0 Å². The SMILES string of the molecule is COC1CCC(N)(c2ccc(CCC(C)(C)C)c(Cl)c2)C(CO)C1. The van der Waals surface area contributed by atoms with Crippen LogP contribution in [0.25, 0.3) is 0 Å². The Balaban J connectivity index is 2.20. The molecule has 0 aliphatic heterocycles. The van der Waals surface area contributed by atoms with Crippen LogP contribution in [-0.4, -0.2) is 24.9 Å². The highest BCUT2D eigenvalue weighted by Gasteiger charge is 2.41. The minimum atomic E-state index is -0.532. The van der Waals surface area contributed by atoms with Gasteiger partial charge < -0.3 is 15.6 Å². The van der Waals surface area contributed by atoms with Gasteiger partial charge in [0.2, 0.25) is 0 Å². The molecule has 1 aromatic rings. The third kappa shape index (κ3) is 4.51. The Kier molecular flexibility index (Phi) is 6.35. The van der Waals surface area contributed by atoms with Crippen molar-refractivity contribution in [2.75, 3.05) is 13.7 Å². The fourth-order valence-electron chi connectivity index (χ4n) is 3.63. The van der Waals surface area contributed by atoms with Gasteiger partial charge in [-0.1, -0.05) is 44.5 Å². The molecular formula is C20H32ClNO2. The first-order chi connectivity index (χ1) is 11.2. The largest absolute Gasteiger partial charge is 0.396 e. The molecule has 3 atom stereocenters. The number of methoxy groups -OCH3 is 1. The number of hydrogen-bond donors (Lipinski definition) is 2. The summed E-state index contributed by atoms with van der Waals surface area (Å²) in [6, 6.07) is 6.21. The molecule has 0 saturated heterocycles. The predicted molar refractivity (Wildman–Crippen MR) is 100 cm³/mol. The lowest BCUT2D eigenvalue weighted by Crippen LogP contribution is -2.50. The lowest BCUT2D eigenvalue weighted by atomic mass is 9.68. The zero-order valence-electron chi connectivity index (χ0n) is 15.4. The lowest BCUT2D eigenvalue weighted by Gasteiger charge is -2.43. The van der Waals surface area contributed by atoms with Gasteiger partial charge in [-0.15, -0.1) is 0 Å². The highest BCUT2D eigenvalue weighted by Crippen LogP contribution is 2.41. The maximum absolute atomic E-state index is 9.83. The van der Waals surface area contributed by atoms with E-state index in [1.54, 1.807) is 7.11 Å². The van der Waals surface area contributed by atoms with Crippen LogP contribution >= 0.6 is 11.6 Å². The molecule has 1 aliphatic rings. The number of aryl methyl sites for hydroxylation is 1. The minimum Gasteiger partial charge on any atom is -0.396 e. The van der Waals surface area contributed by atoms with Crippen molar-refractivity contribution in [1.82, 2.24) is 0 Å². The summed E-state index contributed by atoms with van der Waals surface area (Å²) in [5.74, 6) is -0.00677. The summed E-state index contributed by atoms with van der Waals surface area (Å²) < 4.78 is 5.47. The van der Waals surface area contributed by atoms with E-state index in [9.17, 15) is 5.11 Å². The van der Waals surface area contributed by atoms with Gasteiger partial charge in [-0.05, 0) is 54.7 Å². The van der Waals surface area contributed by atoms with Crippen LogP contribution in [0.1, 0.15) is 57.6 Å². The Morgan fingerprint density at radius 1 is 1.38 bits per heavy atom. The molecule has 1 aliphatic carbocycles. The van der Waals surface area contributed by atoms with Crippen molar-refractivity contribution >= 4 is 11.6 Å². The van der Waals surface area contributed by atoms with Crippen molar-refractivity contribution in [1.29, 1.82) is 0 Å². The van der Waals surface area contributed by atoms with Gasteiger partial charge in [-0.3, -0.25) is 0 Å². The van der Waals surface area contributed by atoms with E-state index in [0.717, 1.165) is 42.7 Å². The molecule has 24 heavy (non-hydrogen) atoms. The fourth-order valence-corrected chi connectivity index (χ4v) is 3.91. The molecule has 2 rings (SSSR count). The summed E-state index contributed by atoms with van der Waals surface area (Å²) in [5, 5.41) is 10.6. The summed E-state index contributed by atoms with van der Waals surface area (Å²) in [6.07, 6.45) is 4.73. The third-order valence-electron chi connectivity index (χ3n) is 5.44. The van der Waals surface area contributed by atoms with Crippen molar-refractivity contribution in [3.8, 4) is 0 Å². The van der Waals surface area contributed by atoms with E-state index in [4.69, 9.17) is 22.1 Å². The van der Waals surface area contributed by atoms with Gasteiger partial charge in [0.15, 0.2) is 0 Å². The fraction of sp³-hybridized carbons (Fsp3) is 0.700. The summed E-state index contributed by atoms with van der Waals surface area (Å²) in [6.45, 7) is 6.79. The standard InChI is InChI=1S/C20H32ClNO2/c1-19(2,3)9-7-14-5-6-15(12-18(14)21)20(22)10-8-17(24-4)11-16(20)13-23/h5-6,12,16-17,23H,7-11,13,22H2,1-4H3. The number of nitrogens with two attached hydrogens (primary N) is 1. The molecule has 0 radical (unpaired) electrons. The molecule has 3 unspecified atom stereocenters. The summed E-state index contributed by atoms with van der Waals surface area (Å²) in [5.41, 5.74) is 8.70. The Morgan fingerprint density at radius 3 is 2.62 bits per heavy atom. The van der Waals surface area contributed by atoms with E-state index in [2.05, 4.69) is 32.9 Å². The molecular weight excluding hydrogens is 322 g/mol. The van der Waals surface area contributed by atoms with E-state index < -0.39 is 5.54 Å². The van der Waals surface area contributed by atoms with Crippen molar-refractivity contribution in [3.05, 3.63) is 34.3 Å². The maximum atomic E-state index is 9.83. The summed E-state index contributed by atoms with van der Waals surface area (Å²) >= 11 is 6.54. The maximum Gasteiger partial charge on any atom is 0.0576 e. The summed E-state index contributed by atoms with van der Waals surface area (Å²) in [7, 11) is 1.73. The van der Waals surface area contributed by atoms with E-state index in [-0.39, 0.29) is 24.0 Å². The van der Waals surface area contributed by atoms with Gasteiger partial charge in [-0.2, -0.15) is 0 Å². The Morgan fingerprint density at radius 2 is 2.08 bits per heavy atom. The number of aliphatic hydroxyl groups is 1. The van der Waals surface area contributed by atoms with Gasteiger partial charge in [0, 0.05) is 30.2 Å². The zero-order chi connectivity index (χ0) is 18.0. The minimum absolute atomic E-state index is 0.00677. The van der Waals surface area contributed by atoms with Gasteiger partial charge in [0.1, 0.15) is 0 Å². The van der Waals surface area contributed by atoms with Gasteiger partial charge in [0.25, 0.3) is 0 Å². The predicted octanol–water partition coefficient (Wildman–Crippen LogP) is 4.28. The van der Waals surface area contributed by atoms with E-state index >= 15 is 0 Å². The van der Waals surface area contributed by atoms with Crippen molar-refractivity contribution in [3.63, 3.8) is 0 Å².